The fraction of sp³-hybridized carbons (Fsp3) is 0.500. The Hall–Kier alpha value is -2.25. The van der Waals surface area contributed by atoms with Crippen LogP contribution < -0.4 is 0 Å². The largest absolute Gasteiger partial charge is 0.373 e. The highest BCUT2D eigenvalue weighted by Crippen LogP contribution is 2.30. The smallest absolute Gasteiger partial charge is 0.225 e. The van der Waals surface area contributed by atoms with Crippen LogP contribution in [-0.2, 0) is 20.7 Å². The molecule has 2 aliphatic rings. The molecule has 1 fully saturated rings. The van der Waals surface area contributed by atoms with Crippen molar-refractivity contribution in [1.29, 1.82) is 0 Å². The standard InChI is InChI=1S/C18H22N4O3/c1-12-19-18(21-20-12)16-11-22(7-9-25-16)17(23)10-15-14-5-3-2-4-13(14)6-8-24-15/h2-5,15-16H,6-11H2,1H3,(H,19,20,21). The zero-order valence-electron chi connectivity index (χ0n) is 14.3. The minimum absolute atomic E-state index is 0.0854. The number of hydrogen-bond acceptors (Lipinski definition) is 5. The molecule has 1 aromatic carbocycles. The van der Waals surface area contributed by atoms with Gasteiger partial charge in [0.05, 0.1) is 32.3 Å². The van der Waals surface area contributed by atoms with E-state index in [9.17, 15) is 4.79 Å². The van der Waals surface area contributed by atoms with Gasteiger partial charge in [-0.3, -0.25) is 9.89 Å². The number of amides is 1. The van der Waals surface area contributed by atoms with Crippen LogP contribution in [0.25, 0.3) is 0 Å². The molecule has 7 nitrogen and oxygen atoms in total. The third-order valence-electron chi connectivity index (χ3n) is 4.77. The average Bonchev–Trinajstić information content (AvgIpc) is 3.09. The van der Waals surface area contributed by atoms with E-state index in [4.69, 9.17) is 9.47 Å². The van der Waals surface area contributed by atoms with Crippen LogP contribution in [-0.4, -0.2) is 52.3 Å². The summed E-state index contributed by atoms with van der Waals surface area (Å²) in [7, 11) is 0. The van der Waals surface area contributed by atoms with Crippen LogP contribution in [0.15, 0.2) is 24.3 Å². The van der Waals surface area contributed by atoms with Gasteiger partial charge < -0.3 is 14.4 Å². The van der Waals surface area contributed by atoms with Crippen LogP contribution in [0, 0.1) is 6.92 Å². The minimum atomic E-state index is -0.276. The number of carbonyl (C=O) groups is 1. The van der Waals surface area contributed by atoms with Gasteiger partial charge in [0.25, 0.3) is 0 Å². The number of hydrogen-bond donors (Lipinski definition) is 1. The molecule has 132 valence electrons. The summed E-state index contributed by atoms with van der Waals surface area (Å²) in [4.78, 5) is 19.0. The number of aromatic nitrogens is 3. The lowest BCUT2D eigenvalue weighted by molar-refractivity contribution is -0.142. The van der Waals surface area contributed by atoms with E-state index in [1.165, 1.54) is 5.56 Å². The molecule has 3 heterocycles. The average molecular weight is 342 g/mol. The maximum absolute atomic E-state index is 12.8. The summed E-state index contributed by atoms with van der Waals surface area (Å²) in [5.41, 5.74) is 2.42. The first-order valence-electron chi connectivity index (χ1n) is 8.68. The highest BCUT2D eigenvalue weighted by molar-refractivity contribution is 5.77. The molecule has 25 heavy (non-hydrogen) atoms. The molecule has 0 aliphatic carbocycles. The summed E-state index contributed by atoms with van der Waals surface area (Å²) in [6.07, 6.45) is 0.827. The van der Waals surface area contributed by atoms with Crippen molar-refractivity contribution in [2.75, 3.05) is 26.3 Å². The lowest BCUT2D eigenvalue weighted by atomic mass is 9.95. The minimum Gasteiger partial charge on any atom is -0.373 e. The van der Waals surface area contributed by atoms with Gasteiger partial charge in [-0.1, -0.05) is 24.3 Å². The van der Waals surface area contributed by atoms with Gasteiger partial charge in [-0.05, 0) is 24.5 Å². The first-order valence-corrected chi connectivity index (χ1v) is 8.68. The highest BCUT2D eigenvalue weighted by Gasteiger charge is 2.30. The summed E-state index contributed by atoms with van der Waals surface area (Å²) in [6, 6.07) is 8.21. The molecule has 1 amide bonds. The van der Waals surface area contributed by atoms with Crippen LogP contribution in [0.2, 0.25) is 0 Å². The molecule has 4 rings (SSSR count). The second-order valence-electron chi connectivity index (χ2n) is 6.49. The van der Waals surface area contributed by atoms with E-state index in [0.717, 1.165) is 17.8 Å². The Morgan fingerprint density at radius 1 is 1.32 bits per heavy atom. The fourth-order valence-corrected chi connectivity index (χ4v) is 3.47. The summed E-state index contributed by atoms with van der Waals surface area (Å²) in [5.74, 6) is 1.44. The summed E-state index contributed by atoms with van der Waals surface area (Å²) < 4.78 is 11.6. The Morgan fingerprint density at radius 3 is 3.04 bits per heavy atom. The first kappa shape index (κ1) is 16.2. The first-order chi connectivity index (χ1) is 12.2. The number of nitrogens with one attached hydrogen (secondary N) is 1. The van der Waals surface area contributed by atoms with Gasteiger partial charge in [-0.25, -0.2) is 4.98 Å². The summed E-state index contributed by atoms with van der Waals surface area (Å²) >= 11 is 0. The van der Waals surface area contributed by atoms with Crippen LogP contribution in [0.1, 0.15) is 41.4 Å². The van der Waals surface area contributed by atoms with Crippen molar-refractivity contribution in [3.63, 3.8) is 0 Å². The number of rotatable bonds is 3. The molecule has 2 aromatic rings. The zero-order valence-corrected chi connectivity index (χ0v) is 14.3. The van der Waals surface area contributed by atoms with Crippen LogP contribution in [0.4, 0.5) is 0 Å². The molecular weight excluding hydrogens is 320 g/mol. The monoisotopic (exact) mass is 342 g/mol. The van der Waals surface area contributed by atoms with Gasteiger partial charge in [0, 0.05) is 6.54 Å². The molecule has 7 heteroatoms. The number of carbonyl (C=O) groups excluding carboxylic acids is 1. The number of benzene rings is 1. The van der Waals surface area contributed by atoms with Crippen LogP contribution in [0.3, 0.4) is 0 Å². The number of ether oxygens (including phenoxy) is 2. The predicted octanol–water partition coefficient (Wildman–Crippen LogP) is 1.72. The van der Waals surface area contributed by atoms with E-state index in [1.807, 2.05) is 24.0 Å². The fourth-order valence-electron chi connectivity index (χ4n) is 3.47. The third-order valence-corrected chi connectivity index (χ3v) is 4.77. The number of aromatic amines is 1. The van der Waals surface area contributed by atoms with E-state index >= 15 is 0 Å². The Morgan fingerprint density at radius 2 is 2.20 bits per heavy atom. The molecule has 1 N–H and O–H groups in total. The van der Waals surface area contributed by atoms with Gasteiger partial charge in [0.2, 0.25) is 5.91 Å². The predicted molar refractivity (Wildman–Crippen MR) is 89.8 cm³/mol. The van der Waals surface area contributed by atoms with Crippen molar-refractivity contribution in [2.24, 2.45) is 0 Å². The second kappa shape index (κ2) is 6.93. The molecule has 0 saturated carbocycles. The topological polar surface area (TPSA) is 80.3 Å². The maximum Gasteiger partial charge on any atom is 0.225 e. The van der Waals surface area contributed by atoms with Crippen LogP contribution in [0.5, 0.6) is 0 Å². The van der Waals surface area contributed by atoms with E-state index in [2.05, 4.69) is 27.3 Å². The molecular formula is C18H22N4O3. The normalized spacial score (nSPS) is 23.3. The Balaban J connectivity index is 1.43. The van der Waals surface area contributed by atoms with Crippen molar-refractivity contribution in [2.45, 2.75) is 32.0 Å². The molecule has 0 bridgehead atoms. The molecule has 0 radical (unpaired) electrons. The molecule has 0 spiro atoms. The van der Waals surface area contributed by atoms with Gasteiger partial charge in [0.15, 0.2) is 5.82 Å². The Labute approximate surface area is 146 Å². The summed E-state index contributed by atoms with van der Waals surface area (Å²) in [6.45, 7) is 4.07. The van der Waals surface area contributed by atoms with Crippen molar-refractivity contribution in [3.8, 4) is 0 Å². The van der Waals surface area contributed by atoms with Gasteiger partial charge in [-0.2, -0.15) is 5.10 Å². The zero-order chi connectivity index (χ0) is 17.2. The number of H-pyrrole nitrogens is 1. The van der Waals surface area contributed by atoms with E-state index in [0.29, 0.717) is 38.5 Å². The lowest BCUT2D eigenvalue weighted by Gasteiger charge is -2.33. The van der Waals surface area contributed by atoms with Crippen LogP contribution >= 0.6 is 0 Å². The second-order valence-corrected chi connectivity index (χ2v) is 6.49. The number of fused-ring (bicyclic) bond motifs is 1. The van der Waals surface area contributed by atoms with Crippen molar-refractivity contribution in [3.05, 3.63) is 47.0 Å². The molecule has 1 aromatic heterocycles. The SMILES string of the molecule is Cc1nc(C2CN(C(=O)CC3OCCc4ccccc43)CCO2)n[nH]1. The molecule has 1 saturated heterocycles. The molecule has 2 atom stereocenters. The molecule has 2 aliphatic heterocycles. The quantitative estimate of drug-likeness (QED) is 0.919. The number of morpholine rings is 1. The van der Waals surface area contributed by atoms with E-state index in [-0.39, 0.29) is 18.1 Å². The van der Waals surface area contributed by atoms with Gasteiger partial charge in [0.1, 0.15) is 11.9 Å². The number of nitrogens with zero attached hydrogens (tertiary/aromatic N) is 3. The summed E-state index contributed by atoms with van der Waals surface area (Å²) in [5, 5.41) is 6.98. The lowest BCUT2D eigenvalue weighted by Crippen LogP contribution is -2.43. The van der Waals surface area contributed by atoms with Crippen molar-refractivity contribution in [1.82, 2.24) is 20.1 Å². The van der Waals surface area contributed by atoms with Gasteiger partial charge in [-0.15, -0.1) is 0 Å². The number of aryl methyl sites for hydroxylation is 1. The van der Waals surface area contributed by atoms with E-state index in [1.54, 1.807) is 0 Å². The maximum atomic E-state index is 12.8. The Bertz CT molecular complexity index is 760. The third kappa shape index (κ3) is 3.43. The van der Waals surface area contributed by atoms with Crippen molar-refractivity contribution < 1.29 is 14.3 Å². The molecule has 2 unspecified atom stereocenters. The van der Waals surface area contributed by atoms with E-state index < -0.39 is 0 Å². The van der Waals surface area contributed by atoms with Gasteiger partial charge >= 0.3 is 0 Å². The van der Waals surface area contributed by atoms with Crippen molar-refractivity contribution >= 4 is 5.91 Å². The Kier molecular flexibility index (Phi) is 4.50. The highest BCUT2D eigenvalue weighted by atomic mass is 16.5.